The molecular weight excluding hydrogens is 212 g/mol. The van der Waals surface area contributed by atoms with E-state index in [1.165, 1.54) is 12.8 Å². The number of carbonyl (C=O) groups excluding carboxylic acids is 1. The van der Waals surface area contributed by atoms with Gasteiger partial charge in [0.05, 0.1) is 6.54 Å². The van der Waals surface area contributed by atoms with Crippen LogP contribution in [0.25, 0.3) is 0 Å². The first-order valence-corrected chi connectivity index (χ1v) is 7.14. The van der Waals surface area contributed by atoms with Gasteiger partial charge in [-0.2, -0.15) is 0 Å². The van der Waals surface area contributed by atoms with Gasteiger partial charge in [0, 0.05) is 18.5 Å². The molecule has 0 amide bonds. The van der Waals surface area contributed by atoms with Gasteiger partial charge in [0.25, 0.3) is 0 Å². The van der Waals surface area contributed by atoms with Crippen molar-refractivity contribution in [2.24, 2.45) is 5.92 Å². The van der Waals surface area contributed by atoms with Gasteiger partial charge in [-0.1, -0.05) is 34.1 Å². The van der Waals surface area contributed by atoms with Crippen molar-refractivity contribution in [2.75, 3.05) is 26.7 Å². The normalized spacial score (nSPS) is 28.2. The maximum absolute atomic E-state index is 11.5. The molecular formula is C14H30N2O. The first kappa shape index (κ1) is 16.6. The minimum atomic E-state index is 0.324. The second kappa shape index (κ2) is 9.60. The quantitative estimate of drug-likeness (QED) is 0.707. The van der Waals surface area contributed by atoms with Crippen molar-refractivity contribution in [3.05, 3.63) is 0 Å². The molecule has 2 aliphatic rings. The van der Waals surface area contributed by atoms with Crippen LogP contribution < -0.4 is 5.32 Å². The molecule has 102 valence electrons. The smallest absolute Gasteiger partial charge is 0.151 e. The van der Waals surface area contributed by atoms with Crippen molar-refractivity contribution in [3.63, 3.8) is 0 Å². The zero-order valence-electron chi connectivity index (χ0n) is 12.3. The van der Waals surface area contributed by atoms with Gasteiger partial charge in [-0.05, 0) is 26.4 Å². The largest absolute Gasteiger partial charge is 0.308 e. The highest BCUT2D eigenvalue weighted by atomic mass is 16.1. The van der Waals surface area contributed by atoms with Crippen LogP contribution in [0.1, 0.15) is 47.0 Å². The number of likely N-dealkylation sites (N-methyl/N-ethyl adjacent to an activating group) is 1. The highest BCUT2D eigenvalue weighted by molar-refractivity contribution is 5.84. The third-order valence-electron chi connectivity index (χ3n) is 3.12. The average molecular weight is 242 g/mol. The lowest BCUT2D eigenvalue weighted by Crippen LogP contribution is -2.56. The van der Waals surface area contributed by atoms with Crippen LogP contribution in [-0.2, 0) is 4.79 Å². The minimum Gasteiger partial charge on any atom is -0.308 e. The van der Waals surface area contributed by atoms with E-state index in [1.54, 1.807) is 0 Å². The molecule has 0 bridgehead atoms. The summed E-state index contributed by atoms with van der Waals surface area (Å²) in [6, 6.07) is 0.472. The van der Waals surface area contributed by atoms with Crippen LogP contribution in [0, 0.1) is 5.92 Å². The van der Waals surface area contributed by atoms with Crippen molar-refractivity contribution < 1.29 is 4.79 Å². The molecule has 0 spiro atoms. The Bertz CT molecular complexity index is 206. The van der Waals surface area contributed by atoms with Crippen molar-refractivity contribution in [1.82, 2.24) is 10.2 Å². The number of Topliss-reactive ketones (excluding diaryl/α,β-unsaturated/α-hetero) is 1. The van der Waals surface area contributed by atoms with E-state index in [0.29, 0.717) is 24.3 Å². The Morgan fingerprint density at radius 3 is 2.47 bits per heavy atom. The van der Waals surface area contributed by atoms with Gasteiger partial charge in [-0.25, -0.2) is 0 Å². The maximum atomic E-state index is 11.5. The second-order valence-corrected chi connectivity index (χ2v) is 4.60. The van der Waals surface area contributed by atoms with E-state index in [-0.39, 0.29) is 0 Å². The maximum Gasteiger partial charge on any atom is 0.151 e. The molecule has 2 saturated heterocycles. The van der Waals surface area contributed by atoms with Crippen LogP contribution in [-0.4, -0.2) is 43.4 Å². The van der Waals surface area contributed by atoms with Crippen LogP contribution in [0.3, 0.4) is 0 Å². The Morgan fingerprint density at radius 1 is 1.35 bits per heavy atom. The number of ketones is 1. The monoisotopic (exact) mass is 242 g/mol. The van der Waals surface area contributed by atoms with E-state index >= 15 is 0 Å². The van der Waals surface area contributed by atoms with E-state index in [4.69, 9.17) is 0 Å². The van der Waals surface area contributed by atoms with E-state index in [2.05, 4.69) is 31.1 Å². The van der Waals surface area contributed by atoms with Crippen LogP contribution >= 0.6 is 0 Å². The number of fused-ring (bicyclic) bond motifs is 1. The van der Waals surface area contributed by atoms with Gasteiger partial charge in [0.15, 0.2) is 5.78 Å². The molecule has 0 aliphatic carbocycles. The number of rotatable bonds is 0. The van der Waals surface area contributed by atoms with Crippen molar-refractivity contribution in [3.8, 4) is 0 Å². The zero-order valence-corrected chi connectivity index (χ0v) is 12.3. The van der Waals surface area contributed by atoms with E-state index in [0.717, 1.165) is 19.5 Å². The fraction of sp³-hybridized carbons (Fsp3) is 0.929. The van der Waals surface area contributed by atoms with Crippen molar-refractivity contribution in [1.29, 1.82) is 0 Å². The topological polar surface area (TPSA) is 32.3 Å². The number of hydrogen-bond acceptors (Lipinski definition) is 3. The summed E-state index contributed by atoms with van der Waals surface area (Å²) in [6.45, 7) is 11.0. The van der Waals surface area contributed by atoms with Crippen molar-refractivity contribution >= 4 is 5.78 Å². The number of carbonyl (C=O) groups is 1. The lowest BCUT2D eigenvalue weighted by molar-refractivity contribution is -0.127. The Morgan fingerprint density at radius 2 is 1.94 bits per heavy atom. The molecule has 0 saturated carbocycles. The Hall–Kier alpha value is -0.410. The molecule has 17 heavy (non-hydrogen) atoms. The molecule has 0 aromatic rings. The van der Waals surface area contributed by atoms with Crippen LogP contribution in [0.5, 0.6) is 0 Å². The van der Waals surface area contributed by atoms with Gasteiger partial charge in [-0.15, -0.1) is 0 Å². The lowest BCUT2D eigenvalue weighted by Gasteiger charge is -2.41. The van der Waals surface area contributed by atoms with Crippen molar-refractivity contribution in [2.45, 2.75) is 53.0 Å². The van der Waals surface area contributed by atoms with Gasteiger partial charge in [0.2, 0.25) is 0 Å². The van der Waals surface area contributed by atoms with Gasteiger partial charge >= 0.3 is 0 Å². The first-order valence-electron chi connectivity index (χ1n) is 7.14. The first-order chi connectivity index (χ1) is 8.20. The number of nitrogens with zero attached hydrogens (tertiary/aromatic N) is 1. The molecule has 3 heteroatoms. The number of nitrogens with one attached hydrogen (secondary N) is 1. The predicted molar refractivity (Wildman–Crippen MR) is 74.3 cm³/mol. The van der Waals surface area contributed by atoms with E-state index < -0.39 is 0 Å². The molecule has 0 aromatic heterocycles. The summed E-state index contributed by atoms with van der Waals surface area (Å²) in [5.74, 6) is 0.739. The number of piperidine rings is 2. The van der Waals surface area contributed by atoms with Crippen LogP contribution in [0.15, 0.2) is 0 Å². The average Bonchev–Trinajstić information content (AvgIpc) is 2.34. The molecule has 2 heterocycles. The molecule has 3 nitrogen and oxygen atoms in total. The summed E-state index contributed by atoms with van der Waals surface area (Å²) in [5.41, 5.74) is 0. The fourth-order valence-electron chi connectivity index (χ4n) is 2.37. The van der Waals surface area contributed by atoms with Crippen LogP contribution in [0.4, 0.5) is 0 Å². The molecule has 0 radical (unpaired) electrons. The molecule has 2 atom stereocenters. The summed E-state index contributed by atoms with van der Waals surface area (Å²) < 4.78 is 0. The summed E-state index contributed by atoms with van der Waals surface area (Å²) in [5, 5.41) is 3.17. The van der Waals surface area contributed by atoms with Gasteiger partial charge < -0.3 is 10.2 Å². The minimum absolute atomic E-state index is 0.324. The molecule has 0 aromatic carbocycles. The summed E-state index contributed by atoms with van der Waals surface area (Å²) in [6.07, 6.45) is 3.54. The second-order valence-electron chi connectivity index (χ2n) is 4.60. The highest BCUT2D eigenvalue weighted by Crippen LogP contribution is 2.24. The van der Waals surface area contributed by atoms with Crippen LogP contribution in [0.2, 0.25) is 0 Å². The third kappa shape index (κ3) is 5.17. The molecule has 2 unspecified atom stereocenters. The Kier molecular flexibility index (Phi) is 9.37. The fourth-order valence-corrected chi connectivity index (χ4v) is 2.37. The molecule has 2 rings (SSSR count). The Labute approximate surface area is 107 Å². The Balaban J connectivity index is 0.000000450. The number of hydrogen-bond donors (Lipinski definition) is 1. The highest BCUT2D eigenvalue weighted by Gasteiger charge is 2.36. The molecule has 2 aliphatic heterocycles. The summed E-state index contributed by atoms with van der Waals surface area (Å²) >= 11 is 0. The summed E-state index contributed by atoms with van der Waals surface area (Å²) in [4.78, 5) is 13.8. The summed E-state index contributed by atoms with van der Waals surface area (Å²) in [7, 11) is 2.12. The lowest BCUT2D eigenvalue weighted by atomic mass is 9.84. The van der Waals surface area contributed by atoms with Gasteiger partial charge in [-0.3, -0.25) is 4.79 Å². The number of likely N-dealkylation sites (tertiary alicyclic amines) is 1. The SMILES string of the molecule is CC.CCC.CN1CCCC2C(=O)CNCC21. The molecule has 1 N–H and O–H groups in total. The predicted octanol–water partition coefficient (Wildman–Crippen LogP) is 2.31. The van der Waals surface area contributed by atoms with E-state index in [1.807, 2.05) is 13.8 Å². The zero-order chi connectivity index (χ0) is 13.3. The van der Waals surface area contributed by atoms with E-state index in [9.17, 15) is 4.79 Å². The molecule has 2 fully saturated rings. The third-order valence-corrected chi connectivity index (χ3v) is 3.12. The standard InChI is InChI=1S/C9H16N2O.C3H8.C2H6/c1-11-4-2-3-7-8(11)5-10-6-9(7)12;1-3-2;1-2/h7-8,10H,2-6H2,1H3;3H2,1-2H3;1-2H3. The van der Waals surface area contributed by atoms with Gasteiger partial charge in [0.1, 0.15) is 0 Å².